The molecule has 0 fully saturated rings. The van der Waals surface area contributed by atoms with E-state index in [9.17, 15) is 4.79 Å². The fourth-order valence-electron chi connectivity index (χ4n) is 2.07. The van der Waals surface area contributed by atoms with Crippen LogP contribution < -0.4 is 0 Å². The van der Waals surface area contributed by atoms with Crippen molar-refractivity contribution in [1.29, 1.82) is 0 Å². The summed E-state index contributed by atoms with van der Waals surface area (Å²) in [6, 6.07) is 16.5. The van der Waals surface area contributed by atoms with E-state index in [-0.39, 0.29) is 5.78 Å². The fraction of sp³-hybridized carbons (Fsp3) is 0. The monoisotopic (exact) mass is 267 g/mol. The molecule has 0 radical (unpaired) electrons. The zero-order valence-electron chi connectivity index (χ0n) is 10.0. The van der Waals surface area contributed by atoms with Gasteiger partial charge in [-0.2, -0.15) is 0 Å². The predicted molar refractivity (Wildman–Crippen MR) is 76.6 cm³/mol. The second-order valence-electron chi connectivity index (χ2n) is 4.22. The van der Waals surface area contributed by atoms with E-state index in [2.05, 4.69) is 4.98 Å². The van der Waals surface area contributed by atoms with Crippen LogP contribution in [-0.2, 0) is 0 Å². The molecule has 0 amide bonds. The Kier molecular flexibility index (Phi) is 3.02. The number of nitrogens with zero attached hydrogens (tertiary/aromatic N) is 1. The summed E-state index contributed by atoms with van der Waals surface area (Å²) in [5.41, 5.74) is 1.01. The lowest BCUT2D eigenvalue weighted by atomic mass is 10.0. The lowest BCUT2D eigenvalue weighted by molar-refractivity contribution is 0.103. The van der Waals surface area contributed by atoms with Gasteiger partial charge in [0.15, 0.2) is 0 Å². The number of hydrogen-bond acceptors (Lipinski definition) is 2. The second kappa shape index (κ2) is 4.82. The first-order valence-corrected chi connectivity index (χ1v) is 6.27. The van der Waals surface area contributed by atoms with Crippen molar-refractivity contribution in [1.82, 2.24) is 4.98 Å². The SMILES string of the molecule is O=C(c1cccc(Cl)c1)c1nccc2ccccc12. The van der Waals surface area contributed by atoms with E-state index in [1.165, 1.54) is 0 Å². The van der Waals surface area contributed by atoms with Crippen LogP contribution in [0.3, 0.4) is 0 Å². The molecule has 0 atom stereocenters. The highest BCUT2D eigenvalue weighted by Gasteiger charge is 2.13. The number of aromatic nitrogens is 1. The summed E-state index contributed by atoms with van der Waals surface area (Å²) in [4.78, 5) is 16.7. The number of rotatable bonds is 2. The highest BCUT2D eigenvalue weighted by atomic mass is 35.5. The molecule has 3 aromatic rings. The number of halogens is 1. The molecule has 0 saturated carbocycles. The van der Waals surface area contributed by atoms with Gasteiger partial charge in [-0.25, -0.2) is 0 Å². The smallest absolute Gasteiger partial charge is 0.212 e. The van der Waals surface area contributed by atoms with Crippen LogP contribution in [0.5, 0.6) is 0 Å². The molecule has 92 valence electrons. The van der Waals surface area contributed by atoms with Crippen LogP contribution in [0.25, 0.3) is 10.8 Å². The molecular formula is C16H10ClNO. The number of ketones is 1. The molecule has 0 aliphatic rings. The van der Waals surface area contributed by atoms with Crippen molar-refractivity contribution in [2.24, 2.45) is 0 Å². The Morgan fingerprint density at radius 1 is 1.00 bits per heavy atom. The van der Waals surface area contributed by atoms with Crippen molar-refractivity contribution in [3.8, 4) is 0 Å². The summed E-state index contributed by atoms with van der Waals surface area (Å²) < 4.78 is 0. The van der Waals surface area contributed by atoms with Crippen molar-refractivity contribution in [2.45, 2.75) is 0 Å². The van der Waals surface area contributed by atoms with Gasteiger partial charge in [-0.15, -0.1) is 0 Å². The summed E-state index contributed by atoms with van der Waals surface area (Å²) in [5, 5.41) is 2.41. The predicted octanol–water partition coefficient (Wildman–Crippen LogP) is 4.12. The molecule has 3 rings (SSSR count). The Hall–Kier alpha value is -2.19. The fourth-order valence-corrected chi connectivity index (χ4v) is 2.26. The van der Waals surface area contributed by atoms with E-state index >= 15 is 0 Å². The zero-order chi connectivity index (χ0) is 13.2. The van der Waals surface area contributed by atoms with Crippen LogP contribution in [0.15, 0.2) is 60.8 Å². The second-order valence-corrected chi connectivity index (χ2v) is 4.66. The van der Waals surface area contributed by atoms with E-state index < -0.39 is 0 Å². The van der Waals surface area contributed by atoms with E-state index in [0.29, 0.717) is 16.3 Å². The molecule has 0 aliphatic carbocycles. The van der Waals surface area contributed by atoms with E-state index in [4.69, 9.17) is 11.6 Å². The van der Waals surface area contributed by atoms with Crippen molar-refractivity contribution in [3.05, 3.63) is 77.1 Å². The summed E-state index contributed by atoms with van der Waals surface area (Å²) >= 11 is 5.92. The largest absolute Gasteiger partial charge is 0.287 e. The van der Waals surface area contributed by atoms with Crippen LogP contribution in [-0.4, -0.2) is 10.8 Å². The lowest BCUT2D eigenvalue weighted by Gasteiger charge is -2.05. The molecule has 0 aliphatic heterocycles. The quantitative estimate of drug-likeness (QED) is 0.654. The number of benzene rings is 2. The van der Waals surface area contributed by atoms with Crippen molar-refractivity contribution < 1.29 is 4.79 Å². The lowest BCUT2D eigenvalue weighted by Crippen LogP contribution is -2.04. The first-order chi connectivity index (χ1) is 9.25. The molecule has 2 nitrogen and oxygen atoms in total. The molecule has 1 aromatic heterocycles. The van der Waals surface area contributed by atoms with Crippen LogP contribution >= 0.6 is 11.6 Å². The maximum atomic E-state index is 12.5. The zero-order valence-corrected chi connectivity index (χ0v) is 10.8. The van der Waals surface area contributed by atoms with Gasteiger partial charge in [-0.05, 0) is 23.6 Å². The molecule has 0 unspecified atom stereocenters. The van der Waals surface area contributed by atoms with E-state index in [0.717, 1.165) is 10.8 Å². The third-order valence-corrected chi connectivity index (χ3v) is 3.21. The van der Waals surface area contributed by atoms with Gasteiger partial charge < -0.3 is 0 Å². The summed E-state index contributed by atoms with van der Waals surface area (Å²) in [6.45, 7) is 0. The van der Waals surface area contributed by atoms with Gasteiger partial charge in [0.05, 0.1) is 0 Å². The maximum absolute atomic E-state index is 12.5. The third-order valence-electron chi connectivity index (χ3n) is 2.98. The van der Waals surface area contributed by atoms with Crippen LogP contribution in [0.4, 0.5) is 0 Å². The van der Waals surface area contributed by atoms with Crippen LogP contribution in [0, 0.1) is 0 Å². The molecule has 0 bridgehead atoms. The Morgan fingerprint density at radius 2 is 1.84 bits per heavy atom. The van der Waals surface area contributed by atoms with Crippen LogP contribution in [0.2, 0.25) is 5.02 Å². The number of carbonyl (C=O) groups is 1. The minimum Gasteiger partial charge on any atom is -0.287 e. The van der Waals surface area contributed by atoms with Gasteiger partial charge >= 0.3 is 0 Å². The van der Waals surface area contributed by atoms with Gasteiger partial charge in [0, 0.05) is 22.2 Å². The van der Waals surface area contributed by atoms with E-state index in [1.54, 1.807) is 30.5 Å². The van der Waals surface area contributed by atoms with Gasteiger partial charge in [0.1, 0.15) is 5.69 Å². The van der Waals surface area contributed by atoms with Crippen molar-refractivity contribution >= 4 is 28.2 Å². The third kappa shape index (κ3) is 2.23. The number of pyridine rings is 1. The molecule has 2 aromatic carbocycles. The average Bonchev–Trinajstić information content (AvgIpc) is 2.46. The molecular weight excluding hydrogens is 258 g/mol. The topological polar surface area (TPSA) is 30.0 Å². The molecule has 0 saturated heterocycles. The summed E-state index contributed by atoms with van der Waals surface area (Å²) in [6.07, 6.45) is 1.65. The van der Waals surface area contributed by atoms with Gasteiger partial charge in [-0.3, -0.25) is 9.78 Å². The Labute approximate surface area is 115 Å². The molecule has 0 spiro atoms. The molecule has 1 heterocycles. The molecule has 19 heavy (non-hydrogen) atoms. The Morgan fingerprint density at radius 3 is 2.68 bits per heavy atom. The van der Waals surface area contributed by atoms with Gasteiger partial charge in [-0.1, -0.05) is 48.0 Å². The van der Waals surface area contributed by atoms with Gasteiger partial charge in [0.25, 0.3) is 0 Å². The first kappa shape index (κ1) is 11.9. The van der Waals surface area contributed by atoms with Crippen molar-refractivity contribution in [3.63, 3.8) is 0 Å². The highest BCUT2D eigenvalue weighted by Crippen LogP contribution is 2.20. The average molecular weight is 268 g/mol. The number of hydrogen-bond donors (Lipinski definition) is 0. The maximum Gasteiger partial charge on any atom is 0.212 e. The first-order valence-electron chi connectivity index (χ1n) is 5.90. The van der Waals surface area contributed by atoms with E-state index in [1.807, 2.05) is 30.3 Å². The standard InChI is InChI=1S/C16H10ClNO/c17-13-6-3-5-12(10-13)16(19)15-14-7-2-1-4-11(14)8-9-18-15/h1-10H. The van der Waals surface area contributed by atoms with Crippen LogP contribution in [0.1, 0.15) is 16.1 Å². The normalized spacial score (nSPS) is 10.6. The van der Waals surface area contributed by atoms with Crippen molar-refractivity contribution in [2.75, 3.05) is 0 Å². The number of fused-ring (bicyclic) bond motifs is 1. The highest BCUT2D eigenvalue weighted by molar-refractivity contribution is 6.31. The number of carbonyl (C=O) groups excluding carboxylic acids is 1. The minimum atomic E-state index is -0.112. The summed E-state index contributed by atoms with van der Waals surface area (Å²) in [5.74, 6) is -0.112. The molecule has 0 N–H and O–H groups in total. The Bertz CT molecular complexity index is 762. The Balaban J connectivity index is 2.17. The van der Waals surface area contributed by atoms with Gasteiger partial charge in [0.2, 0.25) is 5.78 Å². The minimum absolute atomic E-state index is 0.112. The molecule has 3 heteroatoms. The summed E-state index contributed by atoms with van der Waals surface area (Å²) in [7, 11) is 0.